The largest absolute Gasteiger partial charge is 0.477 e. The van der Waals surface area contributed by atoms with E-state index in [0.717, 1.165) is 5.56 Å². The standard InChI is InChI=1S/C18H18N2O5/c1-13(21)15(11-14-7-3-2-4-8-14)19-18(22)12-25-17-10-6-5-9-16(17)20(23)24/h2-10,15H,11-12H2,1H3,(H,19,22)/t15-/m1/s1. The van der Waals surface area contributed by atoms with E-state index in [-0.39, 0.29) is 17.2 Å². The molecule has 0 aromatic heterocycles. The molecule has 0 fully saturated rings. The predicted molar refractivity (Wildman–Crippen MR) is 91.3 cm³/mol. The van der Waals surface area contributed by atoms with Crippen LogP contribution in [0.15, 0.2) is 54.6 Å². The molecular weight excluding hydrogens is 324 g/mol. The molecule has 0 bridgehead atoms. The zero-order valence-corrected chi connectivity index (χ0v) is 13.7. The maximum atomic E-state index is 12.0. The third-order valence-corrected chi connectivity index (χ3v) is 3.53. The molecule has 2 aromatic rings. The number of para-hydroxylation sites is 2. The molecular formula is C18H18N2O5. The highest BCUT2D eigenvalue weighted by atomic mass is 16.6. The fourth-order valence-corrected chi connectivity index (χ4v) is 2.26. The Hall–Kier alpha value is -3.22. The average Bonchev–Trinajstić information content (AvgIpc) is 2.60. The summed E-state index contributed by atoms with van der Waals surface area (Å²) in [4.78, 5) is 34.1. The Morgan fingerprint density at radius 2 is 1.76 bits per heavy atom. The number of hydrogen-bond donors (Lipinski definition) is 1. The van der Waals surface area contributed by atoms with E-state index in [9.17, 15) is 19.7 Å². The van der Waals surface area contributed by atoms with Crippen LogP contribution in [0.25, 0.3) is 0 Å². The highest BCUT2D eigenvalue weighted by Crippen LogP contribution is 2.25. The molecule has 0 aliphatic rings. The zero-order valence-electron chi connectivity index (χ0n) is 13.7. The number of nitrogens with one attached hydrogen (secondary N) is 1. The van der Waals surface area contributed by atoms with Crippen molar-refractivity contribution in [2.75, 3.05) is 6.61 Å². The minimum atomic E-state index is -0.677. The van der Waals surface area contributed by atoms with Crippen LogP contribution in [0.5, 0.6) is 5.75 Å². The number of benzene rings is 2. The minimum Gasteiger partial charge on any atom is -0.477 e. The number of nitro groups is 1. The number of rotatable bonds is 8. The van der Waals surface area contributed by atoms with Crippen LogP contribution >= 0.6 is 0 Å². The Balaban J connectivity index is 1.96. The van der Waals surface area contributed by atoms with Crippen molar-refractivity contribution in [2.45, 2.75) is 19.4 Å². The quantitative estimate of drug-likeness (QED) is 0.586. The number of amides is 1. The molecule has 2 rings (SSSR count). The van der Waals surface area contributed by atoms with Crippen LogP contribution < -0.4 is 10.1 Å². The highest BCUT2D eigenvalue weighted by molar-refractivity contribution is 5.88. The van der Waals surface area contributed by atoms with Crippen LogP contribution in [0, 0.1) is 10.1 Å². The number of ketones is 1. The van der Waals surface area contributed by atoms with Gasteiger partial charge in [0.25, 0.3) is 5.91 Å². The van der Waals surface area contributed by atoms with Crippen LogP contribution in [0.3, 0.4) is 0 Å². The van der Waals surface area contributed by atoms with Crippen LogP contribution in [0.4, 0.5) is 5.69 Å². The molecule has 0 heterocycles. The van der Waals surface area contributed by atoms with E-state index in [1.54, 1.807) is 6.07 Å². The van der Waals surface area contributed by atoms with Gasteiger partial charge in [0.2, 0.25) is 0 Å². The van der Waals surface area contributed by atoms with Gasteiger partial charge in [0, 0.05) is 6.07 Å². The first-order valence-corrected chi connectivity index (χ1v) is 7.67. The van der Waals surface area contributed by atoms with E-state index < -0.39 is 23.5 Å². The SMILES string of the molecule is CC(=O)[C@@H](Cc1ccccc1)NC(=O)COc1ccccc1[N+](=O)[O-]. The molecule has 0 saturated carbocycles. The summed E-state index contributed by atoms with van der Waals surface area (Å²) in [7, 11) is 0. The van der Waals surface area contributed by atoms with E-state index in [1.165, 1.54) is 25.1 Å². The Kier molecular flexibility index (Phi) is 6.22. The molecule has 2 aromatic carbocycles. The molecule has 1 N–H and O–H groups in total. The van der Waals surface area contributed by atoms with Crippen LogP contribution in [-0.4, -0.2) is 29.3 Å². The number of ether oxygens (including phenoxy) is 1. The Labute approximate surface area is 144 Å². The zero-order chi connectivity index (χ0) is 18.2. The average molecular weight is 342 g/mol. The summed E-state index contributed by atoms with van der Waals surface area (Å²) in [5, 5.41) is 13.5. The van der Waals surface area contributed by atoms with E-state index in [4.69, 9.17) is 4.74 Å². The van der Waals surface area contributed by atoms with E-state index >= 15 is 0 Å². The smallest absolute Gasteiger partial charge is 0.310 e. The van der Waals surface area contributed by atoms with Crippen molar-refractivity contribution in [2.24, 2.45) is 0 Å². The molecule has 0 saturated heterocycles. The third-order valence-electron chi connectivity index (χ3n) is 3.53. The molecule has 130 valence electrons. The van der Waals surface area contributed by atoms with Gasteiger partial charge in [-0.05, 0) is 25.0 Å². The monoisotopic (exact) mass is 342 g/mol. The van der Waals surface area contributed by atoms with Gasteiger partial charge >= 0.3 is 5.69 Å². The normalized spacial score (nSPS) is 11.4. The molecule has 7 heteroatoms. The van der Waals surface area contributed by atoms with E-state index in [0.29, 0.717) is 6.42 Å². The van der Waals surface area contributed by atoms with Crippen molar-refractivity contribution < 1.29 is 19.2 Å². The Morgan fingerprint density at radius 3 is 2.40 bits per heavy atom. The lowest BCUT2D eigenvalue weighted by Crippen LogP contribution is -2.43. The Bertz CT molecular complexity index is 761. The summed E-state index contributed by atoms with van der Waals surface area (Å²) < 4.78 is 5.23. The lowest BCUT2D eigenvalue weighted by molar-refractivity contribution is -0.385. The molecule has 7 nitrogen and oxygen atoms in total. The maximum absolute atomic E-state index is 12.0. The predicted octanol–water partition coefficient (Wildman–Crippen LogP) is 2.29. The molecule has 0 radical (unpaired) electrons. The Morgan fingerprint density at radius 1 is 1.12 bits per heavy atom. The first-order chi connectivity index (χ1) is 12.0. The summed E-state index contributed by atoms with van der Waals surface area (Å²) >= 11 is 0. The fraction of sp³-hybridized carbons (Fsp3) is 0.222. The second-order valence-electron chi connectivity index (χ2n) is 5.43. The van der Waals surface area contributed by atoms with Crippen molar-refractivity contribution in [3.63, 3.8) is 0 Å². The molecule has 25 heavy (non-hydrogen) atoms. The van der Waals surface area contributed by atoms with Crippen molar-refractivity contribution in [3.8, 4) is 5.75 Å². The molecule has 0 aliphatic carbocycles. The van der Waals surface area contributed by atoms with Gasteiger partial charge in [-0.25, -0.2) is 0 Å². The second kappa shape index (κ2) is 8.58. The van der Waals surface area contributed by atoms with Crippen LogP contribution in [-0.2, 0) is 16.0 Å². The van der Waals surface area contributed by atoms with Crippen LogP contribution in [0.2, 0.25) is 0 Å². The first kappa shape index (κ1) is 18.1. The molecule has 0 unspecified atom stereocenters. The highest BCUT2D eigenvalue weighted by Gasteiger charge is 2.19. The van der Waals surface area contributed by atoms with Crippen molar-refractivity contribution in [1.82, 2.24) is 5.32 Å². The summed E-state index contributed by atoms with van der Waals surface area (Å²) in [6.45, 7) is 0.986. The number of nitro benzene ring substituents is 1. The summed E-state index contributed by atoms with van der Waals surface area (Å²) in [5.74, 6) is -0.692. The third kappa shape index (κ3) is 5.42. The van der Waals surface area contributed by atoms with Crippen molar-refractivity contribution >= 4 is 17.4 Å². The summed E-state index contributed by atoms with van der Waals surface area (Å²) in [6.07, 6.45) is 0.368. The lowest BCUT2D eigenvalue weighted by Gasteiger charge is -2.16. The fourth-order valence-electron chi connectivity index (χ4n) is 2.26. The van der Waals surface area contributed by atoms with Gasteiger partial charge in [-0.2, -0.15) is 0 Å². The van der Waals surface area contributed by atoms with Gasteiger partial charge in [-0.1, -0.05) is 42.5 Å². The first-order valence-electron chi connectivity index (χ1n) is 7.67. The molecule has 0 spiro atoms. The van der Waals surface area contributed by atoms with Gasteiger partial charge in [0.15, 0.2) is 18.1 Å². The van der Waals surface area contributed by atoms with Crippen molar-refractivity contribution in [3.05, 3.63) is 70.3 Å². The van der Waals surface area contributed by atoms with Gasteiger partial charge in [0.1, 0.15) is 0 Å². The van der Waals surface area contributed by atoms with Crippen molar-refractivity contribution in [1.29, 1.82) is 0 Å². The summed E-state index contributed by atoms with van der Waals surface area (Å²) in [6, 6.07) is 14.4. The minimum absolute atomic E-state index is 0.00471. The molecule has 1 amide bonds. The number of carbonyl (C=O) groups is 2. The number of nitrogens with zero attached hydrogens (tertiary/aromatic N) is 1. The lowest BCUT2D eigenvalue weighted by atomic mass is 10.0. The van der Waals surface area contributed by atoms with E-state index in [1.807, 2.05) is 30.3 Å². The molecule has 1 atom stereocenters. The van der Waals surface area contributed by atoms with Crippen LogP contribution in [0.1, 0.15) is 12.5 Å². The van der Waals surface area contributed by atoms with Gasteiger partial charge in [-0.3, -0.25) is 19.7 Å². The summed E-state index contributed by atoms with van der Waals surface area (Å²) in [5.41, 5.74) is 0.699. The number of hydrogen-bond acceptors (Lipinski definition) is 5. The topological polar surface area (TPSA) is 98.5 Å². The molecule has 0 aliphatic heterocycles. The number of carbonyl (C=O) groups excluding carboxylic acids is 2. The van der Waals surface area contributed by atoms with Gasteiger partial charge in [0.05, 0.1) is 11.0 Å². The maximum Gasteiger partial charge on any atom is 0.310 e. The second-order valence-corrected chi connectivity index (χ2v) is 5.43. The number of Topliss-reactive ketones (excluding diaryl/α,β-unsaturated/α-hetero) is 1. The van der Waals surface area contributed by atoms with Gasteiger partial charge in [-0.15, -0.1) is 0 Å². The van der Waals surface area contributed by atoms with Gasteiger partial charge < -0.3 is 10.1 Å². The van der Waals surface area contributed by atoms with E-state index in [2.05, 4.69) is 5.32 Å².